The van der Waals surface area contributed by atoms with Crippen LogP contribution < -0.4 is 9.46 Å². The van der Waals surface area contributed by atoms with Gasteiger partial charge >= 0.3 is 0 Å². The standard InChI is InChI=1S/C23H21F2N3O5S/c1-32-16-11-15(12-26-13-16)27-34(30,31)21-8-3-2-5-17(21)23(29)28-9-10-33-20(14-28)22-18(24)6-4-7-19(22)25/h2-8,11-13,20,27H,9-10,14H2,1H3. The molecule has 0 bridgehead atoms. The number of nitrogens with zero attached hydrogens (tertiary/aromatic N) is 2. The molecule has 2 aromatic carbocycles. The number of aromatic nitrogens is 1. The van der Waals surface area contributed by atoms with Gasteiger partial charge in [-0.25, -0.2) is 17.2 Å². The number of anilines is 1. The maximum atomic E-state index is 14.2. The van der Waals surface area contributed by atoms with Crippen molar-refractivity contribution in [1.82, 2.24) is 9.88 Å². The predicted octanol–water partition coefficient (Wildman–Crippen LogP) is 3.38. The molecule has 8 nitrogen and oxygen atoms in total. The molecule has 0 aliphatic carbocycles. The van der Waals surface area contributed by atoms with Gasteiger partial charge in [0.05, 0.1) is 49.5 Å². The van der Waals surface area contributed by atoms with Crippen LogP contribution in [0, 0.1) is 11.6 Å². The number of pyridine rings is 1. The Kier molecular flexibility index (Phi) is 6.75. The van der Waals surface area contributed by atoms with Crippen molar-refractivity contribution in [3.8, 4) is 5.75 Å². The van der Waals surface area contributed by atoms with Gasteiger partial charge in [0, 0.05) is 12.6 Å². The lowest BCUT2D eigenvalue weighted by Gasteiger charge is -2.33. The van der Waals surface area contributed by atoms with Crippen LogP contribution >= 0.6 is 0 Å². The summed E-state index contributed by atoms with van der Waals surface area (Å²) < 4.78 is 67.7. The summed E-state index contributed by atoms with van der Waals surface area (Å²) in [4.78, 5) is 18.3. The van der Waals surface area contributed by atoms with Gasteiger partial charge in [-0.1, -0.05) is 18.2 Å². The van der Waals surface area contributed by atoms with Crippen LogP contribution in [0.15, 0.2) is 65.8 Å². The van der Waals surface area contributed by atoms with Gasteiger partial charge in [-0.2, -0.15) is 0 Å². The van der Waals surface area contributed by atoms with Crippen molar-refractivity contribution in [2.75, 3.05) is 31.5 Å². The van der Waals surface area contributed by atoms with E-state index in [4.69, 9.17) is 9.47 Å². The lowest BCUT2D eigenvalue weighted by atomic mass is 10.1. The largest absolute Gasteiger partial charge is 0.495 e. The van der Waals surface area contributed by atoms with Gasteiger partial charge in [0.25, 0.3) is 15.9 Å². The van der Waals surface area contributed by atoms with Crippen LogP contribution in [0.4, 0.5) is 14.5 Å². The average molecular weight is 490 g/mol. The maximum absolute atomic E-state index is 14.2. The maximum Gasteiger partial charge on any atom is 0.262 e. The number of methoxy groups -OCH3 is 1. The molecule has 1 aliphatic rings. The molecule has 1 unspecified atom stereocenters. The third kappa shape index (κ3) is 4.85. The summed E-state index contributed by atoms with van der Waals surface area (Å²) in [6, 6.07) is 10.6. The number of hydrogen-bond acceptors (Lipinski definition) is 6. The van der Waals surface area contributed by atoms with E-state index in [1.807, 2.05) is 0 Å². The molecule has 178 valence electrons. The van der Waals surface area contributed by atoms with E-state index in [0.717, 1.165) is 12.1 Å². The lowest BCUT2D eigenvalue weighted by Crippen LogP contribution is -2.43. The van der Waals surface area contributed by atoms with Crippen LogP contribution in [0.25, 0.3) is 0 Å². The molecule has 1 N–H and O–H groups in total. The summed E-state index contributed by atoms with van der Waals surface area (Å²) in [5.74, 6) is -1.81. The zero-order valence-corrected chi connectivity index (χ0v) is 18.9. The highest BCUT2D eigenvalue weighted by molar-refractivity contribution is 7.92. The third-order valence-corrected chi connectivity index (χ3v) is 6.72. The third-order valence-electron chi connectivity index (χ3n) is 5.28. The molecule has 0 spiro atoms. The quantitative estimate of drug-likeness (QED) is 0.570. The van der Waals surface area contributed by atoms with Crippen LogP contribution in [-0.2, 0) is 14.8 Å². The second kappa shape index (κ2) is 9.74. The fourth-order valence-corrected chi connectivity index (χ4v) is 4.91. The summed E-state index contributed by atoms with van der Waals surface area (Å²) in [5.41, 5.74) is -0.198. The van der Waals surface area contributed by atoms with Crippen LogP contribution in [-0.4, -0.2) is 51.0 Å². The molecule has 1 atom stereocenters. The second-order valence-corrected chi connectivity index (χ2v) is 9.11. The molecule has 0 saturated carbocycles. The average Bonchev–Trinajstić information content (AvgIpc) is 2.83. The molecular formula is C23H21F2N3O5S. The number of carbonyl (C=O) groups is 1. The molecule has 1 amide bonds. The number of halogens is 2. The van der Waals surface area contributed by atoms with Crippen molar-refractivity contribution in [2.45, 2.75) is 11.0 Å². The fraction of sp³-hybridized carbons (Fsp3) is 0.217. The van der Waals surface area contributed by atoms with Gasteiger partial charge in [0.2, 0.25) is 0 Å². The van der Waals surface area contributed by atoms with Crippen LogP contribution in [0.1, 0.15) is 22.0 Å². The molecule has 1 aromatic heterocycles. The van der Waals surface area contributed by atoms with Crippen molar-refractivity contribution >= 4 is 21.6 Å². The van der Waals surface area contributed by atoms with Crippen molar-refractivity contribution in [3.63, 3.8) is 0 Å². The monoisotopic (exact) mass is 489 g/mol. The van der Waals surface area contributed by atoms with E-state index < -0.39 is 33.7 Å². The Hall–Kier alpha value is -3.57. The zero-order valence-electron chi connectivity index (χ0n) is 18.1. The Balaban J connectivity index is 1.61. The Bertz CT molecular complexity index is 1300. The van der Waals surface area contributed by atoms with Crippen molar-refractivity contribution in [3.05, 3.63) is 83.7 Å². The topological polar surface area (TPSA) is 97.8 Å². The lowest BCUT2D eigenvalue weighted by molar-refractivity contribution is -0.0260. The molecule has 0 radical (unpaired) electrons. The number of ether oxygens (including phenoxy) is 2. The second-order valence-electron chi connectivity index (χ2n) is 7.46. The first-order valence-electron chi connectivity index (χ1n) is 10.3. The van der Waals surface area contributed by atoms with Gasteiger partial charge in [-0.15, -0.1) is 0 Å². The Morgan fingerprint density at radius 2 is 1.88 bits per heavy atom. The van der Waals surface area contributed by atoms with E-state index in [2.05, 4.69) is 9.71 Å². The first kappa shape index (κ1) is 23.6. The van der Waals surface area contributed by atoms with Gasteiger partial charge in [0.15, 0.2) is 0 Å². The molecule has 11 heteroatoms. The van der Waals surface area contributed by atoms with Crippen LogP contribution in [0.2, 0.25) is 0 Å². The van der Waals surface area contributed by atoms with E-state index in [9.17, 15) is 22.0 Å². The summed E-state index contributed by atoms with van der Waals surface area (Å²) in [5, 5.41) is 0. The van der Waals surface area contributed by atoms with Gasteiger partial charge in [-0.05, 0) is 24.3 Å². The zero-order chi connectivity index (χ0) is 24.3. The van der Waals surface area contributed by atoms with Crippen LogP contribution in [0.5, 0.6) is 5.75 Å². The molecule has 1 aliphatic heterocycles. The fourth-order valence-electron chi connectivity index (χ4n) is 3.67. The molecule has 4 rings (SSSR count). The Morgan fingerprint density at radius 3 is 2.62 bits per heavy atom. The van der Waals surface area contributed by atoms with Crippen molar-refractivity contribution < 1.29 is 31.5 Å². The first-order chi connectivity index (χ1) is 16.3. The van der Waals surface area contributed by atoms with E-state index in [1.165, 1.54) is 60.8 Å². The highest BCUT2D eigenvalue weighted by Crippen LogP contribution is 2.29. The number of amides is 1. The first-order valence-corrected chi connectivity index (χ1v) is 11.7. The normalized spacial score (nSPS) is 16.2. The molecule has 2 heterocycles. The van der Waals surface area contributed by atoms with Gasteiger partial charge in [0.1, 0.15) is 28.4 Å². The van der Waals surface area contributed by atoms with Crippen LogP contribution in [0.3, 0.4) is 0 Å². The number of hydrogen-bond donors (Lipinski definition) is 1. The minimum Gasteiger partial charge on any atom is -0.495 e. The minimum atomic E-state index is -4.18. The van der Waals surface area contributed by atoms with E-state index in [0.29, 0.717) is 5.75 Å². The highest BCUT2D eigenvalue weighted by Gasteiger charge is 2.32. The van der Waals surface area contributed by atoms with E-state index in [1.54, 1.807) is 0 Å². The number of carbonyl (C=O) groups excluding carboxylic acids is 1. The number of morpholine rings is 1. The number of nitrogens with one attached hydrogen (secondary N) is 1. The van der Waals surface area contributed by atoms with Crippen molar-refractivity contribution in [1.29, 1.82) is 0 Å². The van der Waals surface area contributed by atoms with Crippen molar-refractivity contribution in [2.24, 2.45) is 0 Å². The molecule has 3 aromatic rings. The molecule has 1 fully saturated rings. The molecule has 1 saturated heterocycles. The number of rotatable bonds is 6. The predicted molar refractivity (Wildman–Crippen MR) is 119 cm³/mol. The Morgan fingerprint density at radius 1 is 1.15 bits per heavy atom. The summed E-state index contributed by atoms with van der Waals surface area (Å²) in [7, 11) is -2.75. The summed E-state index contributed by atoms with van der Waals surface area (Å²) in [6.07, 6.45) is 1.70. The number of benzene rings is 2. The summed E-state index contributed by atoms with van der Waals surface area (Å²) >= 11 is 0. The Labute approximate surface area is 195 Å². The van der Waals surface area contributed by atoms with E-state index in [-0.39, 0.29) is 41.4 Å². The van der Waals surface area contributed by atoms with Gasteiger partial charge < -0.3 is 14.4 Å². The highest BCUT2D eigenvalue weighted by atomic mass is 32.2. The minimum absolute atomic E-state index is 0.0346. The van der Waals surface area contributed by atoms with Gasteiger partial charge in [-0.3, -0.25) is 14.5 Å². The van der Waals surface area contributed by atoms with E-state index >= 15 is 0 Å². The molecular weight excluding hydrogens is 468 g/mol. The SMILES string of the molecule is COc1cncc(NS(=O)(=O)c2ccccc2C(=O)N2CCOC(c3c(F)cccc3F)C2)c1. The number of sulfonamides is 1. The molecule has 34 heavy (non-hydrogen) atoms. The smallest absolute Gasteiger partial charge is 0.262 e. The summed E-state index contributed by atoms with van der Waals surface area (Å²) in [6.45, 7) is 0.0259.